The Hall–Kier alpha value is -1.01. The lowest BCUT2D eigenvalue weighted by atomic mass is 10.0. The minimum absolute atomic E-state index is 0.126. The van der Waals surface area contributed by atoms with Crippen LogP contribution in [0.25, 0.3) is 0 Å². The van der Waals surface area contributed by atoms with Crippen LogP contribution in [-0.2, 0) is 6.61 Å². The summed E-state index contributed by atoms with van der Waals surface area (Å²) in [6, 6.07) is 3.54. The van der Waals surface area contributed by atoms with Crippen molar-refractivity contribution in [1.82, 2.24) is 0 Å². The molecule has 4 N–H and O–H groups in total. The lowest BCUT2D eigenvalue weighted by Gasteiger charge is -2.16. The third-order valence-electron chi connectivity index (χ3n) is 2.06. The van der Waals surface area contributed by atoms with E-state index in [9.17, 15) is 9.50 Å². The molecule has 0 aliphatic rings. The summed E-state index contributed by atoms with van der Waals surface area (Å²) in [6.45, 7) is -0.973. The Labute approximate surface area is 86.2 Å². The van der Waals surface area contributed by atoms with Crippen molar-refractivity contribution in [3.05, 3.63) is 35.1 Å². The van der Waals surface area contributed by atoms with Gasteiger partial charge in [0.2, 0.25) is 0 Å². The van der Waals surface area contributed by atoms with Crippen molar-refractivity contribution < 1.29 is 24.8 Å². The fourth-order valence-corrected chi connectivity index (χ4v) is 1.26. The number of benzene rings is 1. The molecule has 0 aliphatic carbocycles. The van der Waals surface area contributed by atoms with Gasteiger partial charge in [0.1, 0.15) is 18.0 Å². The molecule has 0 aliphatic heterocycles. The molecule has 0 heterocycles. The average Bonchev–Trinajstić information content (AvgIpc) is 2.26. The molecule has 5 heteroatoms. The zero-order valence-electron chi connectivity index (χ0n) is 7.97. The topological polar surface area (TPSA) is 80.9 Å². The molecule has 1 aromatic rings. The lowest BCUT2D eigenvalue weighted by molar-refractivity contribution is -0.0154. The second-order valence-corrected chi connectivity index (χ2v) is 3.25. The fraction of sp³-hybridized carbons (Fsp3) is 0.400. The summed E-state index contributed by atoms with van der Waals surface area (Å²) in [5.41, 5.74) is 0.426. The van der Waals surface area contributed by atoms with Gasteiger partial charge in [0, 0.05) is 0 Å². The number of aliphatic hydroxyl groups excluding tert-OH is 4. The molecule has 0 saturated heterocycles. The molecular weight excluding hydrogens is 203 g/mol. The third kappa shape index (κ3) is 2.97. The van der Waals surface area contributed by atoms with Crippen LogP contribution in [0.5, 0.6) is 0 Å². The van der Waals surface area contributed by atoms with Gasteiger partial charge < -0.3 is 20.4 Å². The van der Waals surface area contributed by atoms with Crippen molar-refractivity contribution in [2.75, 3.05) is 6.61 Å². The van der Waals surface area contributed by atoms with Gasteiger partial charge in [-0.1, -0.05) is 6.07 Å². The first-order chi connectivity index (χ1) is 7.08. The molecule has 15 heavy (non-hydrogen) atoms. The molecule has 2 unspecified atom stereocenters. The van der Waals surface area contributed by atoms with Crippen molar-refractivity contribution in [3.8, 4) is 0 Å². The molecule has 0 aromatic heterocycles. The van der Waals surface area contributed by atoms with Crippen LogP contribution in [0.2, 0.25) is 0 Å². The van der Waals surface area contributed by atoms with Crippen molar-refractivity contribution in [1.29, 1.82) is 0 Å². The van der Waals surface area contributed by atoms with Crippen LogP contribution >= 0.6 is 0 Å². The van der Waals surface area contributed by atoms with Crippen LogP contribution in [-0.4, -0.2) is 33.1 Å². The average molecular weight is 216 g/mol. The van der Waals surface area contributed by atoms with Gasteiger partial charge >= 0.3 is 0 Å². The molecular formula is C10H13FO4. The zero-order valence-corrected chi connectivity index (χ0v) is 7.97. The summed E-state index contributed by atoms with van der Waals surface area (Å²) < 4.78 is 13.0. The van der Waals surface area contributed by atoms with Gasteiger partial charge in [-0.05, 0) is 23.3 Å². The summed E-state index contributed by atoms with van der Waals surface area (Å²) in [6.07, 6.45) is -2.73. The molecule has 0 fully saturated rings. The highest BCUT2D eigenvalue weighted by Gasteiger charge is 2.18. The van der Waals surface area contributed by atoms with Gasteiger partial charge in [0.25, 0.3) is 0 Å². The molecule has 0 bridgehead atoms. The monoisotopic (exact) mass is 216 g/mol. The van der Waals surface area contributed by atoms with Crippen molar-refractivity contribution >= 4 is 0 Å². The number of hydrogen-bond donors (Lipinski definition) is 4. The van der Waals surface area contributed by atoms with Gasteiger partial charge in [0.05, 0.1) is 13.2 Å². The van der Waals surface area contributed by atoms with Crippen LogP contribution < -0.4 is 0 Å². The maximum atomic E-state index is 13.0. The molecule has 0 amide bonds. The van der Waals surface area contributed by atoms with Gasteiger partial charge in [-0.2, -0.15) is 0 Å². The molecule has 4 nitrogen and oxygen atoms in total. The van der Waals surface area contributed by atoms with E-state index in [4.69, 9.17) is 15.3 Å². The first-order valence-corrected chi connectivity index (χ1v) is 4.45. The van der Waals surface area contributed by atoms with Crippen LogP contribution in [0.3, 0.4) is 0 Å². The van der Waals surface area contributed by atoms with Gasteiger partial charge in [-0.25, -0.2) is 4.39 Å². The maximum Gasteiger partial charge on any atom is 0.123 e. The highest BCUT2D eigenvalue weighted by atomic mass is 19.1. The molecule has 1 rings (SSSR count). The van der Waals surface area contributed by atoms with Crippen LogP contribution in [0.4, 0.5) is 4.39 Å². The van der Waals surface area contributed by atoms with E-state index in [1.807, 2.05) is 0 Å². The van der Waals surface area contributed by atoms with Crippen LogP contribution in [0.15, 0.2) is 18.2 Å². The summed E-state index contributed by atoms with van der Waals surface area (Å²) >= 11 is 0. The second kappa shape index (κ2) is 5.18. The third-order valence-corrected chi connectivity index (χ3v) is 2.06. The van der Waals surface area contributed by atoms with E-state index in [1.165, 1.54) is 6.07 Å². The molecule has 2 atom stereocenters. The van der Waals surface area contributed by atoms with Crippen molar-refractivity contribution in [2.24, 2.45) is 0 Å². The number of hydrogen-bond acceptors (Lipinski definition) is 4. The van der Waals surface area contributed by atoms with E-state index in [0.29, 0.717) is 5.56 Å². The molecule has 84 valence electrons. The minimum Gasteiger partial charge on any atom is -0.394 e. The zero-order chi connectivity index (χ0) is 11.4. The Morgan fingerprint density at radius 2 is 1.80 bits per heavy atom. The first-order valence-electron chi connectivity index (χ1n) is 4.45. The van der Waals surface area contributed by atoms with Gasteiger partial charge in [-0.15, -0.1) is 0 Å². The van der Waals surface area contributed by atoms with E-state index in [1.54, 1.807) is 0 Å². The van der Waals surface area contributed by atoms with Gasteiger partial charge in [0.15, 0.2) is 0 Å². The molecule has 0 saturated carbocycles. The fourth-order valence-electron chi connectivity index (χ4n) is 1.26. The van der Waals surface area contributed by atoms with E-state index < -0.39 is 24.6 Å². The molecule has 0 radical (unpaired) electrons. The molecule has 1 aromatic carbocycles. The van der Waals surface area contributed by atoms with E-state index in [-0.39, 0.29) is 12.2 Å². The SMILES string of the molecule is OCc1cc(F)cc(C(O)C(O)CO)c1. The standard InChI is InChI=1S/C10H13FO4/c11-8-2-6(4-12)1-7(3-8)10(15)9(14)5-13/h1-3,9-10,12-15H,4-5H2. The van der Waals surface area contributed by atoms with Crippen LogP contribution in [0, 0.1) is 5.82 Å². The van der Waals surface area contributed by atoms with Crippen LogP contribution in [0.1, 0.15) is 17.2 Å². The number of rotatable bonds is 4. The number of aliphatic hydroxyl groups is 4. The first kappa shape index (κ1) is 12.1. The summed E-state index contributed by atoms with van der Waals surface area (Å²) in [7, 11) is 0. The Morgan fingerprint density at radius 1 is 1.13 bits per heavy atom. The molecule has 0 spiro atoms. The Balaban J connectivity index is 2.97. The normalized spacial score (nSPS) is 15.0. The Kier molecular flexibility index (Phi) is 4.16. The maximum absolute atomic E-state index is 13.0. The quantitative estimate of drug-likeness (QED) is 0.557. The second-order valence-electron chi connectivity index (χ2n) is 3.25. The highest BCUT2D eigenvalue weighted by Crippen LogP contribution is 2.19. The predicted octanol–water partition coefficient (Wildman–Crippen LogP) is -0.295. The number of halogens is 1. The van der Waals surface area contributed by atoms with E-state index in [0.717, 1.165) is 12.1 Å². The van der Waals surface area contributed by atoms with E-state index in [2.05, 4.69) is 0 Å². The highest BCUT2D eigenvalue weighted by molar-refractivity contribution is 5.26. The smallest absolute Gasteiger partial charge is 0.123 e. The Morgan fingerprint density at radius 3 is 2.33 bits per heavy atom. The Bertz CT molecular complexity index is 329. The largest absolute Gasteiger partial charge is 0.394 e. The summed E-state index contributed by atoms with van der Waals surface area (Å²) in [5, 5.41) is 36.0. The minimum atomic E-state index is -1.36. The van der Waals surface area contributed by atoms with Gasteiger partial charge in [-0.3, -0.25) is 0 Å². The summed E-state index contributed by atoms with van der Waals surface area (Å²) in [5.74, 6) is -0.610. The summed E-state index contributed by atoms with van der Waals surface area (Å²) in [4.78, 5) is 0. The van der Waals surface area contributed by atoms with Crippen molar-refractivity contribution in [3.63, 3.8) is 0 Å². The lowest BCUT2D eigenvalue weighted by Crippen LogP contribution is -2.22. The van der Waals surface area contributed by atoms with E-state index >= 15 is 0 Å². The predicted molar refractivity (Wildman–Crippen MR) is 50.4 cm³/mol. The van der Waals surface area contributed by atoms with Crippen molar-refractivity contribution in [2.45, 2.75) is 18.8 Å².